The zero-order chi connectivity index (χ0) is 10.8. The van der Waals surface area contributed by atoms with Crippen LogP contribution in [-0.2, 0) is 4.84 Å². The molecule has 2 rings (SSSR count). The van der Waals surface area contributed by atoms with E-state index in [-0.39, 0.29) is 23.2 Å². The first-order valence-corrected chi connectivity index (χ1v) is 4.06. The fraction of sp³-hybridized carbons (Fsp3) is 0. The van der Waals surface area contributed by atoms with Gasteiger partial charge in [0.25, 0.3) is 0 Å². The highest BCUT2D eigenvalue weighted by molar-refractivity contribution is 5.62. The molecular weight excluding hydrogens is 201 g/mol. The van der Waals surface area contributed by atoms with E-state index in [2.05, 4.69) is 15.4 Å². The molecule has 1 aromatic rings. The number of aromatic nitrogens is 2. The maximum Gasteiger partial charge on any atom is 0.222 e. The Kier molecular flexibility index (Phi) is 2.13. The van der Waals surface area contributed by atoms with Gasteiger partial charge in [-0.1, -0.05) is 0 Å². The van der Waals surface area contributed by atoms with Crippen molar-refractivity contribution in [3.05, 3.63) is 29.9 Å². The molecule has 1 aliphatic heterocycles. The van der Waals surface area contributed by atoms with E-state index in [0.717, 1.165) is 0 Å². The van der Waals surface area contributed by atoms with E-state index in [9.17, 15) is 4.39 Å². The van der Waals surface area contributed by atoms with Crippen LogP contribution in [0.5, 0.6) is 0 Å². The van der Waals surface area contributed by atoms with Gasteiger partial charge < -0.3 is 16.3 Å². The van der Waals surface area contributed by atoms with Gasteiger partial charge in [0.2, 0.25) is 5.95 Å². The van der Waals surface area contributed by atoms with Crippen molar-refractivity contribution < 1.29 is 9.23 Å². The molecule has 1 aromatic heterocycles. The fourth-order valence-electron chi connectivity index (χ4n) is 1.08. The summed E-state index contributed by atoms with van der Waals surface area (Å²) >= 11 is 0. The van der Waals surface area contributed by atoms with Gasteiger partial charge in [-0.25, -0.2) is 14.9 Å². The minimum Gasteiger partial charge on any atom is -0.381 e. The van der Waals surface area contributed by atoms with Gasteiger partial charge in [0.05, 0.1) is 0 Å². The predicted octanol–water partition coefficient (Wildman–Crippen LogP) is 0.169. The lowest BCUT2D eigenvalue weighted by atomic mass is 10.3. The smallest absolute Gasteiger partial charge is 0.222 e. The number of nitrogens with zero attached hydrogens (tertiary/aromatic N) is 2. The van der Waals surface area contributed by atoms with Crippen LogP contribution in [0.2, 0.25) is 0 Å². The normalized spacial score (nSPS) is 14.1. The highest BCUT2D eigenvalue weighted by atomic mass is 19.1. The Labute approximate surface area is 84.4 Å². The number of rotatable bonds is 1. The molecule has 7 heteroatoms. The number of nitrogen functional groups attached to an aromatic ring is 2. The summed E-state index contributed by atoms with van der Waals surface area (Å²) in [7, 11) is 0. The van der Waals surface area contributed by atoms with Crippen LogP contribution in [0.4, 0.5) is 16.2 Å². The van der Waals surface area contributed by atoms with Crippen LogP contribution < -0.4 is 16.9 Å². The fourth-order valence-corrected chi connectivity index (χ4v) is 1.08. The van der Waals surface area contributed by atoms with Crippen molar-refractivity contribution in [3.8, 4) is 0 Å². The molecule has 0 radical (unpaired) electrons. The number of hydrogen-bond donors (Lipinski definition) is 3. The quantitative estimate of drug-likeness (QED) is 0.609. The molecule has 0 aromatic carbocycles. The number of hydroxylamine groups is 1. The first-order valence-electron chi connectivity index (χ1n) is 4.06. The minimum absolute atomic E-state index is 0.0724. The second-order valence-corrected chi connectivity index (χ2v) is 2.74. The van der Waals surface area contributed by atoms with Crippen LogP contribution in [0, 0.1) is 5.82 Å². The van der Waals surface area contributed by atoms with Crippen LogP contribution in [0.25, 0.3) is 5.76 Å². The molecule has 0 amide bonds. The molecule has 78 valence electrons. The van der Waals surface area contributed by atoms with Crippen molar-refractivity contribution in [2.75, 3.05) is 11.5 Å². The largest absolute Gasteiger partial charge is 0.381 e. The standard InChI is InChI=1S/C8H8FN5O/c9-5-6(4-2-1-3-12-15-4)13-8(11)14-7(5)10/h1-3,12H,(H4,10,11,13,14). The van der Waals surface area contributed by atoms with Crippen LogP contribution in [0.1, 0.15) is 5.69 Å². The van der Waals surface area contributed by atoms with E-state index < -0.39 is 5.82 Å². The Morgan fingerprint density at radius 3 is 2.80 bits per heavy atom. The van der Waals surface area contributed by atoms with Gasteiger partial charge in [-0.3, -0.25) is 0 Å². The van der Waals surface area contributed by atoms with Crippen molar-refractivity contribution in [1.29, 1.82) is 0 Å². The van der Waals surface area contributed by atoms with Crippen molar-refractivity contribution in [3.63, 3.8) is 0 Å². The molecule has 15 heavy (non-hydrogen) atoms. The van der Waals surface area contributed by atoms with Gasteiger partial charge in [0.1, 0.15) is 0 Å². The molecule has 1 aliphatic rings. The summed E-state index contributed by atoms with van der Waals surface area (Å²) in [5, 5.41) is 0. The number of halogens is 1. The van der Waals surface area contributed by atoms with Gasteiger partial charge >= 0.3 is 0 Å². The minimum atomic E-state index is -0.757. The number of hydrogen-bond acceptors (Lipinski definition) is 6. The predicted molar refractivity (Wildman–Crippen MR) is 52.2 cm³/mol. The first-order chi connectivity index (χ1) is 7.18. The summed E-state index contributed by atoms with van der Waals surface area (Å²) < 4.78 is 13.5. The third kappa shape index (κ3) is 1.66. The molecule has 6 nitrogen and oxygen atoms in total. The van der Waals surface area contributed by atoms with Gasteiger partial charge in [0, 0.05) is 6.20 Å². The Hall–Kier alpha value is -2.31. The summed E-state index contributed by atoms with van der Waals surface area (Å²) in [6, 6.07) is 0. The summed E-state index contributed by atoms with van der Waals surface area (Å²) in [6.07, 6.45) is 4.70. The van der Waals surface area contributed by atoms with Crippen LogP contribution in [0.15, 0.2) is 18.4 Å². The van der Waals surface area contributed by atoms with Crippen molar-refractivity contribution in [1.82, 2.24) is 15.4 Å². The molecule has 0 fully saturated rings. The van der Waals surface area contributed by atoms with E-state index in [0.29, 0.717) is 0 Å². The molecule has 0 spiro atoms. The Morgan fingerprint density at radius 1 is 1.33 bits per heavy atom. The molecule has 0 atom stereocenters. The lowest BCUT2D eigenvalue weighted by Gasteiger charge is -2.12. The van der Waals surface area contributed by atoms with Crippen molar-refractivity contribution >= 4 is 17.5 Å². The summed E-state index contributed by atoms with van der Waals surface area (Å²) in [4.78, 5) is 12.1. The van der Waals surface area contributed by atoms with E-state index in [4.69, 9.17) is 16.3 Å². The van der Waals surface area contributed by atoms with Gasteiger partial charge in [-0.2, -0.15) is 4.98 Å². The highest BCUT2D eigenvalue weighted by Gasteiger charge is 2.17. The van der Waals surface area contributed by atoms with Crippen molar-refractivity contribution in [2.45, 2.75) is 0 Å². The number of allylic oxidation sites excluding steroid dienone is 2. The topological polar surface area (TPSA) is 99.1 Å². The molecule has 0 unspecified atom stereocenters. The Morgan fingerprint density at radius 2 is 2.13 bits per heavy atom. The molecular formula is C8H8FN5O. The molecule has 0 aliphatic carbocycles. The molecule has 5 N–H and O–H groups in total. The maximum absolute atomic E-state index is 13.5. The zero-order valence-electron chi connectivity index (χ0n) is 7.57. The number of nitrogens with two attached hydrogens (primary N) is 2. The molecule has 0 bridgehead atoms. The zero-order valence-corrected chi connectivity index (χ0v) is 7.57. The second kappa shape index (κ2) is 3.45. The summed E-state index contributed by atoms with van der Waals surface area (Å²) in [5.74, 6) is -0.983. The van der Waals surface area contributed by atoms with Gasteiger partial charge in [-0.15, -0.1) is 0 Å². The van der Waals surface area contributed by atoms with Crippen LogP contribution in [-0.4, -0.2) is 9.97 Å². The van der Waals surface area contributed by atoms with Crippen LogP contribution in [0.3, 0.4) is 0 Å². The van der Waals surface area contributed by atoms with E-state index in [1.807, 2.05) is 0 Å². The molecule has 2 heterocycles. The maximum atomic E-state index is 13.5. The average molecular weight is 209 g/mol. The average Bonchev–Trinajstić information content (AvgIpc) is 2.24. The summed E-state index contributed by atoms with van der Waals surface area (Å²) in [5.41, 5.74) is 13.0. The highest BCUT2D eigenvalue weighted by Crippen LogP contribution is 2.21. The van der Waals surface area contributed by atoms with E-state index in [1.165, 1.54) is 12.3 Å². The lowest BCUT2D eigenvalue weighted by Crippen LogP contribution is -2.13. The van der Waals surface area contributed by atoms with Crippen LogP contribution >= 0.6 is 0 Å². The van der Waals surface area contributed by atoms with Gasteiger partial charge in [0.15, 0.2) is 23.1 Å². The third-order valence-corrected chi connectivity index (χ3v) is 1.71. The molecule has 0 saturated heterocycles. The van der Waals surface area contributed by atoms with Gasteiger partial charge in [-0.05, 0) is 12.2 Å². The monoisotopic (exact) mass is 209 g/mol. The van der Waals surface area contributed by atoms with E-state index >= 15 is 0 Å². The van der Waals surface area contributed by atoms with Crippen molar-refractivity contribution in [2.24, 2.45) is 0 Å². The molecule has 0 saturated carbocycles. The number of nitrogens with one attached hydrogen (secondary N) is 1. The Bertz CT molecular complexity index is 457. The summed E-state index contributed by atoms with van der Waals surface area (Å²) in [6.45, 7) is 0. The lowest BCUT2D eigenvalue weighted by molar-refractivity contribution is 0.196. The Balaban J connectivity index is 2.51. The number of anilines is 2. The SMILES string of the molecule is Nc1nc(N)c(F)c(C2=CC=CNO2)n1. The second-order valence-electron chi connectivity index (χ2n) is 2.74. The van der Waals surface area contributed by atoms with E-state index in [1.54, 1.807) is 6.08 Å². The third-order valence-electron chi connectivity index (χ3n) is 1.71. The first kappa shape index (κ1) is 9.25.